The van der Waals surface area contributed by atoms with Crippen molar-refractivity contribution in [3.05, 3.63) is 77.9 Å². The van der Waals surface area contributed by atoms with E-state index in [4.69, 9.17) is 0 Å². The van der Waals surface area contributed by atoms with E-state index >= 15 is 0 Å². The highest BCUT2D eigenvalue weighted by Crippen LogP contribution is 2.43. The Bertz CT molecular complexity index is 904. The van der Waals surface area contributed by atoms with Crippen molar-refractivity contribution in [1.82, 2.24) is 0 Å². The lowest BCUT2D eigenvalue weighted by molar-refractivity contribution is -0.103. The lowest BCUT2D eigenvalue weighted by Crippen LogP contribution is -2.21. The van der Waals surface area contributed by atoms with E-state index in [-0.39, 0.29) is 0 Å². The number of allylic oxidation sites excluding steroid dienone is 1. The molecule has 106 valence electrons. The van der Waals surface area contributed by atoms with Crippen LogP contribution in [-0.2, 0) is 4.79 Å². The predicted molar refractivity (Wildman–Crippen MR) is 91.7 cm³/mol. The van der Waals surface area contributed by atoms with E-state index in [9.17, 15) is 4.79 Å². The number of rotatable bonds is 2. The minimum Gasteiger partial charge on any atom is -0.343 e. The van der Waals surface area contributed by atoms with Crippen molar-refractivity contribution in [2.24, 2.45) is 0 Å². The Hall–Kier alpha value is -2.87. The molecule has 0 unspecified atom stereocenters. The number of nitrogens with zero attached hydrogens (tertiary/aromatic N) is 1. The summed E-state index contributed by atoms with van der Waals surface area (Å²) in [6, 6.07) is 22.5. The van der Waals surface area contributed by atoms with Gasteiger partial charge in [0.2, 0.25) is 0 Å². The molecule has 1 aliphatic heterocycles. The average Bonchev–Trinajstić information content (AvgIpc) is 2.58. The van der Waals surface area contributed by atoms with Crippen molar-refractivity contribution in [1.29, 1.82) is 0 Å². The highest BCUT2D eigenvalue weighted by Gasteiger charge is 2.25. The van der Waals surface area contributed by atoms with Crippen LogP contribution in [0.3, 0.4) is 0 Å². The molecule has 0 atom stereocenters. The first-order chi connectivity index (χ1) is 10.8. The van der Waals surface area contributed by atoms with Gasteiger partial charge in [-0.2, -0.15) is 0 Å². The van der Waals surface area contributed by atoms with Crippen molar-refractivity contribution >= 4 is 34.0 Å². The zero-order valence-electron chi connectivity index (χ0n) is 12.3. The van der Waals surface area contributed by atoms with Crippen LogP contribution in [0, 0.1) is 0 Å². The van der Waals surface area contributed by atoms with Gasteiger partial charge in [-0.1, -0.05) is 60.7 Å². The van der Waals surface area contributed by atoms with Crippen LogP contribution < -0.4 is 4.90 Å². The van der Waals surface area contributed by atoms with Crippen molar-refractivity contribution in [3.8, 4) is 0 Å². The van der Waals surface area contributed by atoms with Crippen molar-refractivity contribution in [2.75, 3.05) is 11.9 Å². The fourth-order valence-electron chi connectivity index (χ4n) is 3.32. The van der Waals surface area contributed by atoms with Crippen LogP contribution in [0.25, 0.3) is 22.0 Å². The van der Waals surface area contributed by atoms with Crippen LogP contribution in [0.2, 0.25) is 0 Å². The second-order valence-electron chi connectivity index (χ2n) is 5.49. The number of carbonyl (C=O) groups is 1. The van der Waals surface area contributed by atoms with Crippen LogP contribution in [0.5, 0.6) is 0 Å². The molecule has 0 saturated heterocycles. The van der Waals surface area contributed by atoms with E-state index in [1.54, 1.807) is 0 Å². The maximum Gasteiger partial charge on any atom is 0.152 e. The number of carbonyl (C=O) groups excluding carboxylic acids is 1. The van der Waals surface area contributed by atoms with Crippen molar-refractivity contribution in [2.45, 2.75) is 0 Å². The Labute approximate surface area is 129 Å². The SMILES string of the molecule is CN1C(c2ccccc2)=C(C=O)c2cccc3cccc1c23. The molecule has 0 amide bonds. The minimum atomic E-state index is 0.748. The van der Waals surface area contributed by atoms with Gasteiger partial charge in [-0.05, 0) is 22.6 Å². The maximum absolute atomic E-state index is 11.9. The standard InChI is InChI=1S/C20H15NO/c1-21-18-12-6-10-14-9-5-11-16(19(14)18)17(13-22)20(21)15-7-3-2-4-8-15/h2-13H,1H3. The molecule has 3 aromatic carbocycles. The summed E-state index contributed by atoms with van der Waals surface area (Å²) in [4.78, 5) is 14.0. The molecule has 1 heterocycles. The third-order valence-electron chi connectivity index (χ3n) is 4.29. The van der Waals surface area contributed by atoms with Crippen molar-refractivity contribution < 1.29 is 4.79 Å². The summed E-state index contributed by atoms with van der Waals surface area (Å²) in [6.45, 7) is 0. The van der Waals surface area contributed by atoms with E-state index in [0.717, 1.165) is 45.1 Å². The molecule has 2 nitrogen and oxygen atoms in total. The number of benzene rings is 3. The van der Waals surface area contributed by atoms with Gasteiger partial charge in [0.05, 0.1) is 5.70 Å². The largest absolute Gasteiger partial charge is 0.343 e. The Balaban J connectivity index is 2.12. The Morgan fingerprint density at radius 1 is 0.864 bits per heavy atom. The lowest BCUT2D eigenvalue weighted by Gasteiger charge is -2.31. The zero-order valence-corrected chi connectivity index (χ0v) is 12.3. The predicted octanol–water partition coefficient (Wildman–Crippen LogP) is 4.36. The number of hydrogen-bond donors (Lipinski definition) is 0. The molecule has 4 rings (SSSR count). The summed E-state index contributed by atoms with van der Waals surface area (Å²) < 4.78 is 0. The normalized spacial score (nSPS) is 13.6. The van der Waals surface area contributed by atoms with Gasteiger partial charge in [0.1, 0.15) is 0 Å². The molecular formula is C20H15NO. The summed E-state index contributed by atoms with van der Waals surface area (Å²) in [5, 5.41) is 2.31. The molecule has 0 saturated carbocycles. The fourth-order valence-corrected chi connectivity index (χ4v) is 3.32. The van der Waals surface area contributed by atoms with E-state index < -0.39 is 0 Å². The minimum absolute atomic E-state index is 0.748. The number of aldehydes is 1. The fraction of sp³-hybridized carbons (Fsp3) is 0.0500. The average molecular weight is 285 g/mol. The summed E-state index contributed by atoms with van der Waals surface area (Å²) in [5.41, 5.74) is 4.91. The van der Waals surface area contributed by atoms with E-state index in [1.807, 2.05) is 49.5 Å². The topological polar surface area (TPSA) is 20.3 Å². The third kappa shape index (κ3) is 1.70. The molecule has 1 aliphatic rings. The van der Waals surface area contributed by atoms with E-state index in [0.29, 0.717) is 0 Å². The summed E-state index contributed by atoms with van der Waals surface area (Å²) >= 11 is 0. The van der Waals surface area contributed by atoms with Gasteiger partial charge in [-0.25, -0.2) is 0 Å². The van der Waals surface area contributed by atoms with Crippen LogP contribution in [0.1, 0.15) is 11.1 Å². The van der Waals surface area contributed by atoms with Gasteiger partial charge in [-0.3, -0.25) is 4.79 Å². The molecule has 0 aliphatic carbocycles. The van der Waals surface area contributed by atoms with Gasteiger partial charge < -0.3 is 4.90 Å². The smallest absolute Gasteiger partial charge is 0.152 e. The Kier molecular flexibility index (Phi) is 2.83. The quantitative estimate of drug-likeness (QED) is 0.652. The van der Waals surface area contributed by atoms with Gasteiger partial charge in [-0.15, -0.1) is 0 Å². The lowest BCUT2D eigenvalue weighted by atomic mass is 9.90. The van der Waals surface area contributed by atoms with Gasteiger partial charge in [0.15, 0.2) is 6.29 Å². The summed E-state index contributed by atoms with van der Waals surface area (Å²) in [5.74, 6) is 0. The zero-order chi connectivity index (χ0) is 15.1. The van der Waals surface area contributed by atoms with Gasteiger partial charge in [0, 0.05) is 23.7 Å². The maximum atomic E-state index is 11.9. The molecule has 0 aromatic heterocycles. The summed E-state index contributed by atoms with van der Waals surface area (Å²) in [7, 11) is 2.02. The van der Waals surface area contributed by atoms with E-state index in [2.05, 4.69) is 29.2 Å². The Morgan fingerprint density at radius 3 is 2.32 bits per heavy atom. The second kappa shape index (κ2) is 4.85. The van der Waals surface area contributed by atoms with Crippen LogP contribution in [0.4, 0.5) is 5.69 Å². The highest BCUT2D eigenvalue weighted by atomic mass is 16.1. The molecule has 0 N–H and O–H groups in total. The third-order valence-corrected chi connectivity index (χ3v) is 4.29. The summed E-state index contributed by atoms with van der Waals surface area (Å²) in [6.07, 6.45) is 0.976. The van der Waals surface area contributed by atoms with Crippen LogP contribution in [0.15, 0.2) is 66.7 Å². The van der Waals surface area contributed by atoms with Crippen LogP contribution >= 0.6 is 0 Å². The molecule has 0 fully saturated rings. The number of hydrogen-bond acceptors (Lipinski definition) is 2. The first kappa shape index (κ1) is 12.8. The monoisotopic (exact) mass is 285 g/mol. The molecule has 0 spiro atoms. The number of anilines is 1. The molecular weight excluding hydrogens is 270 g/mol. The molecule has 3 aromatic rings. The first-order valence-corrected chi connectivity index (χ1v) is 7.32. The Morgan fingerprint density at radius 2 is 1.59 bits per heavy atom. The van der Waals surface area contributed by atoms with Crippen LogP contribution in [-0.4, -0.2) is 13.3 Å². The molecule has 22 heavy (non-hydrogen) atoms. The van der Waals surface area contributed by atoms with Gasteiger partial charge in [0.25, 0.3) is 0 Å². The van der Waals surface area contributed by atoms with Crippen molar-refractivity contribution in [3.63, 3.8) is 0 Å². The first-order valence-electron chi connectivity index (χ1n) is 7.32. The molecule has 0 radical (unpaired) electrons. The molecule has 2 heteroatoms. The molecule has 0 bridgehead atoms. The van der Waals surface area contributed by atoms with Gasteiger partial charge >= 0.3 is 0 Å². The second-order valence-corrected chi connectivity index (χ2v) is 5.49. The highest BCUT2D eigenvalue weighted by molar-refractivity contribution is 6.27. The van der Waals surface area contributed by atoms with E-state index in [1.165, 1.54) is 0 Å².